The van der Waals surface area contributed by atoms with Crippen LogP contribution in [0.1, 0.15) is 11.7 Å². The van der Waals surface area contributed by atoms with Crippen molar-refractivity contribution < 1.29 is 18.3 Å². The summed E-state index contributed by atoms with van der Waals surface area (Å²) in [5.74, 6) is 0.634. The van der Waals surface area contributed by atoms with Gasteiger partial charge in [-0.1, -0.05) is 44.0 Å². The highest BCUT2D eigenvalue weighted by Crippen LogP contribution is 2.43. The molecule has 1 aromatic rings. The first kappa shape index (κ1) is 14.9. The van der Waals surface area contributed by atoms with Crippen molar-refractivity contribution >= 4 is 41.7 Å². The summed E-state index contributed by atoms with van der Waals surface area (Å²) in [4.78, 5) is 0. The highest BCUT2D eigenvalue weighted by Gasteiger charge is 2.43. The van der Waals surface area contributed by atoms with Gasteiger partial charge in [0.25, 0.3) is 0 Å². The Bertz CT molecular complexity index is 482. The molecule has 1 rings (SSSR count). The number of rotatable bonds is 4. The second-order valence-electron chi connectivity index (χ2n) is 3.51. The fraction of sp³-hybridized carbons (Fsp3) is 0.400. The SMILES string of the molecule is COc1ccc(C(O)C(Br)(Br)S(C)(=O)=O)cc1. The fourth-order valence-electron chi connectivity index (χ4n) is 1.18. The van der Waals surface area contributed by atoms with Crippen molar-refractivity contribution in [1.82, 2.24) is 0 Å². The predicted octanol–water partition coefficient (Wildman–Crippen LogP) is 2.22. The van der Waals surface area contributed by atoms with Gasteiger partial charge < -0.3 is 9.84 Å². The average Bonchev–Trinajstić information content (AvgIpc) is 2.26. The van der Waals surface area contributed by atoms with E-state index in [1.54, 1.807) is 24.3 Å². The number of sulfone groups is 1. The largest absolute Gasteiger partial charge is 0.497 e. The first-order chi connectivity index (χ1) is 7.70. The summed E-state index contributed by atoms with van der Waals surface area (Å²) in [7, 11) is -1.98. The Labute approximate surface area is 117 Å². The van der Waals surface area contributed by atoms with E-state index in [1.165, 1.54) is 7.11 Å². The molecule has 0 aliphatic carbocycles. The van der Waals surface area contributed by atoms with E-state index in [0.29, 0.717) is 11.3 Å². The van der Waals surface area contributed by atoms with Gasteiger partial charge in [-0.25, -0.2) is 8.42 Å². The van der Waals surface area contributed by atoms with Crippen molar-refractivity contribution in [1.29, 1.82) is 0 Å². The fourth-order valence-corrected chi connectivity index (χ4v) is 2.25. The summed E-state index contributed by atoms with van der Waals surface area (Å²) in [6.45, 7) is 0. The summed E-state index contributed by atoms with van der Waals surface area (Å²) in [5, 5.41) is 10.0. The highest BCUT2D eigenvalue weighted by atomic mass is 79.9. The van der Waals surface area contributed by atoms with Crippen molar-refractivity contribution in [2.75, 3.05) is 13.4 Å². The van der Waals surface area contributed by atoms with E-state index in [2.05, 4.69) is 31.9 Å². The number of hydrogen-bond acceptors (Lipinski definition) is 4. The Morgan fingerprint density at radius 3 is 2.12 bits per heavy atom. The van der Waals surface area contributed by atoms with Crippen LogP contribution in [0.4, 0.5) is 0 Å². The maximum Gasteiger partial charge on any atom is 0.210 e. The van der Waals surface area contributed by atoms with Gasteiger partial charge in [0.2, 0.25) is 2.57 Å². The van der Waals surface area contributed by atoms with E-state index in [4.69, 9.17) is 4.74 Å². The van der Waals surface area contributed by atoms with Crippen LogP contribution in [-0.2, 0) is 9.84 Å². The molecule has 4 nitrogen and oxygen atoms in total. The Balaban J connectivity index is 3.08. The summed E-state index contributed by atoms with van der Waals surface area (Å²) in [5.41, 5.74) is 0.463. The molecule has 1 atom stereocenters. The molecule has 0 aliphatic heterocycles. The highest BCUT2D eigenvalue weighted by molar-refractivity contribution is 9.27. The van der Waals surface area contributed by atoms with Crippen LogP contribution in [0.25, 0.3) is 0 Å². The Morgan fingerprint density at radius 1 is 1.29 bits per heavy atom. The molecule has 0 heterocycles. The van der Waals surface area contributed by atoms with Crippen LogP contribution in [0.3, 0.4) is 0 Å². The molecule has 7 heteroatoms. The summed E-state index contributed by atoms with van der Waals surface area (Å²) >= 11 is 5.98. The third kappa shape index (κ3) is 3.21. The molecule has 0 amide bonds. The normalized spacial score (nSPS) is 14.4. The second kappa shape index (κ2) is 5.26. The molecular weight excluding hydrogens is 376 g/mol. The van der Waals surface area contributed by atoms with Crippen LogP contribution in [-0.4, -0.2) is 29.5 Å². The van der Waals surface area contributed by atoms with Crippen LogP contribution < -0.4 is 4.74 Å². The van der Waals surface area contributed by atoms with E-state index < -0.39 is 18.5 Å². The lowest BCUT2D eigenvalue weighted by Crippen LogP contribution is -2.31. The van der Waals surface area contributed by atoms with Gasteiger partial charge in [-0.3, -0.25) is 0 Å². The molecule has 17 heavy (non-hydrogen) atoms. The zero-order chi connectivity index (χ0) is 13.3. The zero-order valence-electron chi connectivity index (χ0n) is 9.22. The number of ether oxygens (including phenoxy) is 1. The van der Waals surface area contributed by atoms with Crippen molar-refractivity contribution in [3.05, 3.63) is 29.8 Å². The topological polar surface area (TPSA) is 63.6 Å². The van der Waals surface area contributed by atoms with Crippen LogP contribution in [0.2, 0.25) is 0 Å². The number of benzene rings is 1. The number of methoxy groups -OCH3 is 1. The maximum absolute atomic E-state index is 11.5. The average molecular weight is 388 g/mol. The van der Waals surface area contributed by atoms with Gasteiger partial charge in [0, 0.05) is 6.26 Å². The third-order valence-electron chi connectivity index (χ3n) is 2.24. The number of alkyl halides is 2. The van der Waals surface area contributed by atoms with E-state index in [1.807, 2.05) is 0 Å². The second-order valence-corrected chi connectivity index (χ2v) is 10.3. The predicted molar refractivity (Wildman–Crippen MR) is 73.4 cm³/mol. The molecule has 0 saturated heterocycles. The molecule has 0 aromatic heterocycles. The minimum Gasteiger partial charge on any atom is -0.497 e. The standard InChI is InChI=1S/C10H12Br2O4S/c1-16-8-5-3-7(4-6-8)9(13)10(11,12)17(2,14)15/h3-6,9,13H,1-2H3. The molecule has 0 aliphatic rings. The molecule has 0 radical (unpaired) electrons. The third-order valence-corrected chi connectivity index (χ3v) is 7.85. The molecule has 1 aromatic carbocycles. The molecule has 0 saturated carbocycles. The minimum absolute atomic E-state index is 0.463. The monoisotopic (exact) mass is 386 g/mol. The number of halogens is 2. The van der Waals surface area contributed by atoms with Crippen molar-refractivity contribution in [2.24, 2.45) is 0 Å². The van der Waals surface area contributed by atoms with Gasteiger partial charge in [-0.05, 0) is 17.7 Å². The van der Waals surface area contributed by atoms with Crippen LogP contribution >= 0.6 is 31.9 Å². The molecular formula is C10H12Br2O4S. The zero-order valence-corrected chi connectivity index (χ0v) is 13.2. The number of aliphatic hydroxyl groups is 1. The van der Waals surface area contributed by atoms with Crippen LogP contribution in [0.15, 0.2) is 24.3 Å². The van der Waals surface area contributed by atoms with Crippen molar-refractivity contribution in [3.8, 4) is 5.75 Å². The molecule has 1 unspecified atom stereocenters. The Kier molecular flexibility index (Phi) is 4.62. The van der Waals surface area contributed by atoms with Gasteiger partial charge >= 0.3 is 0 Å². The minimum atomic E-state index is -3.51. The maximum atomic E-state index is 11.5. The molecule has 96 valence electrons. The van der Waals surface area contributed by atoms with Gasteiger partial charge in [-0.2, -0.15) is 0 Å². The summed E-state index contributed by atoms with van der Waals surface area (Å²) < 4.78 is 26.4. The van der Waals surface area contributed by atoms with E-state index in [-0.39, 0.29) is 0 Å². The van der Waals surface area contributed by atoms with Gasteiger partial charge in [-0.15, -0.1) is 0 Å². The lowest BCUT2D eigenvalue weighted by Gasteiger charge is -2.25. The smallest absolute Gasteiger partial charge is 0.210 e. The first-order valence-electron chi connectivity index (χ1n) is 4.59. The van der Waals surface area contributed by atoms with Crippen molar-refractivity contribution in [2.45, 2.75) is 8.67 Å². The van der Waals surface area contributed by atoms with E-state index in [0.717, 1.165) is 6.26 Å². The number of aliphatic hydroxyl groups excluding tert-OH is 1. The van der Waals surface area contributed by atoms with Crippen LogP contribution in [0.5, 0.6) is 5.75 Å². The quantitative estimate of drug-likeness (QED) is 0.804. The van der Waals surface area contributed by atoms with Gasteiger partial charge in [0.15, 0.2) is 9.84 Å². The molecule has 1 N–H and O–H groups in total. The lowest BCUT2D eigenvalue weighted by atomic mass is 10.1. The molecule has 0 bridgehead atoms. The van der Waals surface area contributed by atoms with E-state index >= 15 is 0 Å². The van der Waals surface area contributed by atoms with Crippen LogP contribution in [0, 0.1) is 0 Å². The van der Waals surface area contributed by atoms with Crippen molar-refractivity contribution in [3.63, 3.8) is 0 Å². The Morgan fingerprint density at radius 2 is 1.76 bits per heavy atom. The van der Waals surface area contributed by atoms with Gasteiger partial charge in [0.1, 0.15) is 11.9 Å². The van der Waals surface area contributed by atoms with E-state index in [9.17, 15) is 13.5 Å². The summed E-state index contributed by atoms with van der Waals surface area (Å²) in [6.07, 6.45) is -0.202. The molecule has 0 fully saturated rings. The van der Waals surface area contributed by atoms with Gasteiger partial charge in [0.05, 0.1) is 7.11 Å². The number of hydrogen-bond donors (Lipinski definition) is 1. The Hall–Kier alpha value is -0.110. The summed E-state index contributed by atoms with van der Waals surface area (Å²) in [6, 6.07) is 6.51. The molecule has 0 spiro atoms. The lowest BCUT2D eigenvalue weighted by molar-refractivity contribution is 0.189. The first-order valence-corrected chi connectivity index (χ1v) is 8.07.